The Hall–Kier alpha value is -2.34. The van der Waals surface area contributed by atoms with Crippen LogP contribution in [0.1, 0.15) is 31.2 Å². The lowest BCUT2D eigenvalue weighted by Crippen LogP contribution is -2.52. The zero-order valence-electron chi connectivity index (χ0n) is 17.1. The molecule has 2 N–H and O–H groups in total. The third-order valence-electron chi connectivity index (χ3n) is 5.72. The third kappa shape index (κ3) is 5.35. The number of amides is 1. The molecule has 2 bridgehead atoms. The Morgan fingerprint density at radius 2 is 1.93 bits per heavy atom. The largest absolute Gasteiger partial charge is 0.354 e. The van der Waals surface area contributed by atoms with Crippen LogP contribution in [0.3, 0.4) is 0 Å². The number of benzene rings is 1. The first-order valence-corrected chi connectivity index (χ1v) is 10.2. The van der Waals surface area contributed by atoms with Gasteiger partial charge in [-0.2, -0.15) is 0 Å². The molecule has 6 heteroatoms. The van der Waals surface area contributed by atoms with Crippen molar-refractivity contribution in [2.75, 3.05) is 27.2 Å². The maximum Gasteiger partial charge on any atom is 0.243 e. The Morgan fingerprint density at radius 1 is 1.25 bits per heavy atom. The fourth-order valence-corrected chi connectivity index (χ4v) is 4.25. The highest BCUT2D eigenvalue weighted by atomic mass is 16.2. The van der Waals surface area contributed by atoms with Gasteiger partial charge in [0.1, 0.15) is 6.54 Å². The molecular formula is C22H33N5O. The summed E-state index contributed by atoms with van der Waals surface area (Å²) in [5.41, 5.74) is 1.39. The number of hydrogen-bond acceptors (Lipinski definition) is 3. The van der Waals surface area contributed by atoms with E-state index in [0.29, 0.717) is 30.6 Å². The summed E-state index contributed by atoms with van der Waals surface area (Å²) in [6.07, 6.45) is 6.55. The lowest BCUT2D eigenvalue weighted by Gasteiger charge is -2.39. The fourth-order valence-electron chi connectivity index (χ4n) is 4.25. The fraction of sp³-hybridized carbons (Fsp3) is 0.545. The lowest BCUT2D eigenvalue weighted by molar-refractivity contribution is -0.127. The van der Waals surface area contributed by atoms with Crippen LogP contribution in [0.15, 0.2) is 48.0 Å². The van der Waals surface area contributed by atoms with E-state index < -0.39 is 0 Å². The smallest absolute Gasteiger partial charge is 0.243 e. The van der Waals surface area contributed by atoms with E-state index in [1.54, 1.807) is 25.1 Å². The maximum absolute atomic E-state index is 11.9. The van der Waals surface area contributed by atoms with Gasteiger partial charge in [0.05, 0.1) is 0 Å². The Morgan fingerprint density at radius 3 is 2.54 bits per heavy atom. The summed E-state index contributed by atoms with van der Waals surface area (Å²) in [6, 6.07) is 12.4. The van der Waals surface area contributed by atoms with Crippen LogP contribution in [-0.4, -0.2) is 67.0 Å². The average molecular weight is 384 g/mol. The lowest BCUT2D eigenvalue weighted by atomic mass is 9.96. The van der Waals surface area contributed by atoms with Gasteiger partial charge in [-0.3, -0.25) is 9.69 Å². The van der Waals surface area contributed by atoms with Gasteiger partial charge in [-0.15, -0.1) is 6.58 Å². The highest BCUT2D eigenvalue weighted by Crippen LogP contribution is 2.36. The predicted molar refractivity (Wildman–Crippen MR) is 114 cm³/mol. The first-order valence-electron chi connectivity index (χ1n) is 10.2. The summed E-state index contributed by atoms with van der Waals surface area (Å²) < 4.78 is 0. The van der Waals surface area contributed by atoms with E-state index in [1.165, 1.54) is 18.4 Å². The van der Waals surface area contributed by atoms with E-state index in [1.807, 2.05) is 0 Å². The minimum atomic E-state index is -0.00236. The number of carbonyl (C=O) groups excluding carboxylic acids is 1. The van der Waals surface area contributed by atoms with Crippen LogP contribution in [0.5, 0.6) is 0 Å². The molecule has 1 aromatic rings. The van der Waals surface area contributed by atoms with Crippen molar-refractivity contribution >= 4 is 11.9 Å². The summed E-state index contributed by atoms with van der Waals surface area (Å²) in [7, 11) is 3.50. The molecule has 1 amide bonds. The summed E-state index contributed by atoms with van der Waals surface area (Å²) in [5, 5.41) is 6.81. The second-order valence-corrected chi connectivity index (χ2v) is 7.98. The van der Waals surface area contributed by atoms with E-state index >= 15 is 0 Å². The molecule has 2 fully saturated rings. The van der Waals surface area contributed by atoms with Crippen molar-refractivity contribution in [3.05, 3.63) is 48.6 Å². The van der Waals surface area contributed by atoms with Crippen molar-refractivity contribution < 1.29 is 4.79 Å². The summed E-state index contributed by atoms with van der Waals surface area (Å²) in [6.45, 7) is 5.58. The molecule has 0 aliphatic carbocycles. The van der Waals surface area contributed by atoms with E-state index in [4.69, 9.17) is 0 Å². The first-order chi connectivity index (χ1) is 13.6. The van der Waals surface area contributed by atoms with Crippen molar-refractivity contribution in [3.8, 4) is 0 Å². The molecule has 0 radical (unpaired) electrons. The number of guanidine groups is 1. The SMILES string of the molecule is C=CCNC(=NCC(=O)N(C)C)NC1CC2CCC(C1)N2Cc1ccccc1. The van der Waals surface area contributed by atoms with Gasteiger partial charge in [-0.25, -0.2) is 4.99 Å². The molecular weight excluding hydrogens is 350 g/mol. The Kier molecular flexibility index (Phi) is 7.09. The minimum absolute atomic E-state index is 0.00236. The number of piperidine rings is 1. The van der Waals surface area contributed by atoms with Crippen LogP contribution in [0.2, 0.25) is 0 Å². The molecule has 2 aliphatic heterocycles. The minimum Gasteiger partial charge on any atom is -0.354 e. The Balaban J connectivity index is 1.59. The molecule has 6 nitrogen and oxygen atoms in total. The van der Waals surface area contributed by atoms with Gasteiger partial charge in [-0.05, 0) is 31.2 Å². The number of fused-ring (bicyclic) bond motifs is 2. The number of likely N-dealkylation sites (N-methyl/N-ethyl adjacent to an activating group) is 1. The van der Waals surface area contributed by atoms with Crippen LogP contribution in [0.25, 0.3) is 0 Å². The van der Waals surface area contributed by atoms with Gasteiger partial charge in [0, 0.05) is 45.3 Å². The summed E-state index contributed by atoms with van der Waals surface area (Å²) in [5.74, 6) is 0.702. The van der Waals surface area contributed by atoms with Gasteiger partial charge in [0.15, 0.2) is 5.96 Å². The molecule has 2 atom stereocenters. The third-order valence-corrected chi connectivity index (χ3v) is 5.72. The molecule has 0 spiro atoms. The number of aliphatic imine (C=N–C) groups is 1. The van der Waals surface area contributed by atoms with Crippen LogP contribution in [-0.2, 0) is 11.3 Å². The molecule has 2 unspecified atom stereocenters. The van der Waals surface area contributed by atoms with E-state index in [-0.39, 0.29) is 12.5 Å². The van der Waals surface area contributed by atoms with Gasteiger partial charge < -0.3 is 15.5 Å². The zero-order valence-corrected chi connectivity index (χ0v) is 17.1. The molecule has 2 heterocycles. The molecule has 2 saturated heterocycles. The van der Waals surface area contributed by atoms with Crippen LogP contribution in [0, 0.1) is 0 Å². The highest BCUT2D eigenvalue weighted by molar-refractivity contribution is 5.85. The second kappa shape index (κ2) is 9.73. The standard InChI is InChI=1S/C22H33N5O/c1-4-12-23-22(24-15-21(28)26(2)3)25-18-13-19-10-11-20(14-18)27(19)16-17-8-6-5-7-9-17/h4-9,18-20H,1,10-16H2,2-3H3,(H2,23,24,25). The maximum atomic E-state index is 11.9. The first kappa shape index (κ1) is 20.4. The Labute approximate surface area is 168 Å². The van der Waals surface area contributed by atoms with Crippen molar-refractivity contribution in [2.45, 2.75) is 50.4 Å². The van der Waals surface area contributed by atoms with Crippen LogP contribution in [0.4, 0.5) is 0 Å². The highest BCUT2D eigenvalue weighted by Gasteiger charge is 2.40. The number of carbonyl (C=O) groups is 1. The molecule has 3 rings (SSSR count). The van der Waals surface area contributed by atoms with Gasteiger partial charge in [-0.1, -0.05) is 36.4 Å². The number of nitrogens with zero attached hydrogens (tertiary/aromatic N) is 3. The van der Waals surface area contributed by atoms with Crippen LogP contribution < -0.4 is 10.6 Å². The van der Waals surface area contributed by atoms with E-state index in [2.05, 4.69) is 57.4 Å². The summed E-state index contributed by atoms with van der Waals surface area (Å²) in [4.78, 5) is 20.6. The second-order valence-electron chi connectivity index (χ2n) is 7.98. The number of nitrogens with one attached hydrogen (secondary N) is 2. The molecule has 0 saturated carbocycles. The molecule has 0 aromatic heterocycles. The predicted octanol–water partition coefficient (Wildman–Crippen LogP) is 1.99. The van der Waals surface area contributed by atoms with Gasteiger partial charge in [0.2, 0.25) is 5.91 Å². The van der Waals surface area contributed by atoms with Crippen molar-refractivity contribution in [1.82, 2.24) is 20.4 Å². The van der Waals surface area contributed by atoms with E-state index in [9.17, 15) is 4.79 Å². The van der Waals surface area contributed by atoms with Gasteiger partial charge in [0.25, 0.3) is 0 Å². The number of hydrogen-bond donors (Lipinski definition) is 2. The summed E-state index contributed by atoms with van der Waals surface area (Å²) >= 11 is 0. The molecule has 1 aromatic carbocycles. The topological polar surface area (TPSA) is 60.0 Å². The van der Waals surface area contributed by atoms with Gasteiger partial charge >= 0.3 is 0 Å². The van der Waals surface area contributed by atoms with Crippen molar-refractivity contribution in [3.63, 3.8) is 0 Å². The number of rotatable bonds is 7. The molecule has 152 valence electrons. The van der Waals surface area contributed by atoms with Crippen molar-refractivity contribution in [2.24, 2.45) is 4.99 Å². The Bertz CT molecular complexity index is 673. The average Bonchev–Trinajstić information content (AvgIpc) is 2.92. The van der Waals surface area contributed by atoms with E-state index in [0.717, 1.165) is 19.4 Å². The monoisotopic (exact) mass is 383 g/mol. The molecule has 2 aliphatic rings. The quantitative estimate of drug-likeness (QED) is 0.430. The normalized spacial score (nSPS) is 24.6. The zero-order chi connectivity index (χ0) is 19.9. The molecule has 28 heavy (non-hydrogen) atoms. The van der Waals surface area contributed by atoms with Crippen molar-refractivity contribution in [1.29, 1.82) is 0 Å². The van der Waals surface area contributed by atoms with Crippen LogP contribution >= 0.6 is 0 Å².